The molecule has 0 saturated heterocycles. The van der Waals surface area contributed by atoms with Gasteiger partial charge in [-0.15, -0.1) is 0 Å². The summed E-state index contributed by atoms with van der Waals surface area (Å²) in [6.07, 6.45) is -0.227. The number of carbonyl (C=O) groups is 2. The van der Waals surface area contributed by atoms with Gasteiger partial charge in [0, 0.05) is 11.1 Å². The van der Waals surface area contributed by atoms with Gasteiger partial charge >= 0.3 is 0 Å². The minimum atomic E-state index is -3.86. The number of rotatable bonds is 4. The van der Waals surface area contributed by atoms with Gasteiger partial charge in [-0.2, -0.15) is 0 Å². The summed E-state index contributed by atoms with van der Waals surface area (Å²) in [5, 5.41) is 8.83. The highest BCUT2D eigenvalue weighted by Gasteiger charge is 2.13. The number of carbonyl (C=O) groups excluding carboxylic acids is 2. The Kier molecular flexibility index (Phi) is 4.06. The maximum atomic E-state index is 11.6. The van der Waals surface area contributed by atoms with E-state index in [-0.39, 0.29) is 17.1 Å². The van der Waals surface area contributed by atoms with E-state index in [2.05, 4.69) is 5.32 Å². The third-order valence-corrected chi connectivity index (χ3v) is 3.81. The number of hydrogen-bond donors (Lipinski definition) is 2. The molecule has 0 aliphatic carbocycles. The minimum Gasteiger partial charge on any atom is -0.326 e. The molecule has 0 fully saturated rings. The summed E-state index contributed by atoms with van der Waals surface area (Å²) in [6, 6.07) is 9.56. The van der Waals surface area contributed by atoms with Crippen LogP contribution in [0.15, 0.2) is 41.3 Å². The van der Waals surface area contributed by atoms with Crippen LogP contribution in [0.3, 0.4) is 0 Å². The fraction of sp³-hybridized carbons (Fsp3) is 0.143. The normalized spacial score (nSPS) is 11.3. The molecule has 2 aromatic rings. The van der Waals surface area contributed by atoms with Crippen LogP contribution in [0.1, 0.15) is 13.3 Å². The number of amides is 1. The van der Waals surface area contributed by atoms with Crippen LogP contribution in [0.2, 0.25) is 0 Å². The molecule has 7 heteroatoms. The molecular formula is C14H14N2O4S. The lowest BCUT2D eigenvalue weighted by molar-refractivity contribution is -0.124. The Labute approximate surface area is 122 Å². The van der Waals surface area contributed by atoms with Gasteiger partial charge in [-0.1, -0.05) is 18.2 Å². The molecule has 2 rings (SSSR count). The fourth-order valence-corrected chi connectivity index (χ4v) is 2.75. The van der Waals surface area contributed by atoms with Crippen LogP contribution >= 0.6 is 0 Å². The summed E-state index contributed by atoms with van der Waals surface area (Å²) in [5.41, 5.74) is 0.407. The van der Waals surface area contributed by atoms with E-state index in [1.807, 2.05) is 0 Å². The molecule has 0 spiro atoms. The molecule has 0 unspecified atom stereocenters. The number of sulfonamides is 1. The van der Waals surface area contributed by atoms with Crippen LogP contribution < -0.4 is 10.5 Å². The second kappa shape index (κ2) is 5.63. The molecule has 21 heavy (non-hydrogen) atoms. The van der Waals surface area contributed by atoms with E-state index in [4.69, 9.17) is 5.14 Å². The predicted octanol–water partition coefficient (Wildman–Crippen LogP) is 1.40. The number of fused-ring (bicyclic) bond motifs is 1. The first kappa shape index (κ1) is 15.1. The number of nitrogens with two attached hydrogens (primary N) is 1. The summed E-state index contributed by atoms with van der Waals surface area (Å²) < 4.78 is 23.1. The minimum absolute atomic E-state index is 0.0114. The standard InChI is InChI=1S/C14H14N2O4S/c1-9(17)7-14(18)16-11-6-5-10-3-2-4-13(12(10)8-11)21(15,19)20/h2-6,8H,7H2,1H3,(H,16,18)(H2,15,19,20). The highest BCUT2D eigenvalue weighted by Crippen LogP contribution is 2.25. The van der Waals surface area contributed by atoms with E-state index in [1.54, 1.807) is 24.3 Å². The van der Waals surface area contributed by atoms with Crippen molar-refractivity contribution in [2.75, 3.05) is 5.32 Å². The summed E-state index contributed by atoms with van der Waals surface area (Å²) in [7, 11) is -3.86. The van der Waals surface area contributed by atoms with E-state index < -0.39 is 15.9 Å². The third-order valence-electron chi connectivity index (χ3n) is 2.84. The fourth-order valence-electron chi connectivity index (χ4n) is 2.00. The molecule has 3 N–H and O–H groups in total. The monoisotopic (exact) mass is 306 g/mol. The molecule has 110 valence electrons. The molecule has 0 aliphatic rings. The first-order chi connectivity index (χ1) is 9.77. The SMILES string of the molecule is CC(=O)CC(=O)Nc1ccc2cccc(S(N)(=O)=O)c2c1. The summed E-state index contributed by atoms with van der Waals surface area (Å²) in [6.45, 7) is 1.32. The highest BCUT2D eigenvalue weighted by molar-refractivity contribution is 7.89. The van der Waals surface area contributed by atoms with E-state index in [1.165, 1.54) is 19.1 Å². The van der Waals surface area contributed by atoms with Gasteiger partial charge in [0.1, 0.15) is 5.78 Å². The first-order valence-electron chi connectivity index (χ1n) is 6.12. The zero-order valence-corrected chi connectivity index (χ0v) is 12.1. The summed E-state index contributed by atoms with van der Waals surface area (Å²) >= 11 is 0. The Morgan fingerprint density at radius 2 is 1.90 bits per heavy atom. The molecule has 0 aliphatic heterocycles. The van der Waals surface area contributed by atoms with Gasteiger partial charge in [0.05, 0.1) is 11.3 Å². The number of Topliss-reactive ketones (excluding diaryl/α,β-unsaturated/α-hetero) is 1. The molecule has 2 aromatic carbocycles. The van der Waals surface area contributed by atoms with Crippen LogP contribution in [-0.2, 0) is 19.6 Å². The Hall–Kier alpha value is -2.25. The maximum Gasteiger partial charge on any atom is 0.238 e. The highest BCUT2D eigenvalue weighted by atomic mass is 32.2. The first-order valence-corrected chi connectivity index (χ1v) is 7.67. The quantitative estimate of drug-likeness (QED) is 0.833. The Morgan fingerprint density at radius 1 is 1.19 bits per heavy atom. The number of ketones is 1. The number of nitrogens with one attached hydrogen (secondary N) is 1. The van der Waals surface area contributed by atoms with Crippen LogP contribution in [0.5, 0.6) is 0 Å². The van der Waals surface area contributed by atoms with Gasteiger partial charge < -0.3 is 5.32 Å². The Bertz CT molecular complexity index is 828. The summed E-state index contributed by atoms with van der Waals surface area (Å²) in [4.78, 5) is 22.4. The Balaban J connectivity index is 2.45. The van der Waals surface area contributed by atoms with Crippen molar-refractivity contribution in [1.29, 1.82) is 0 Å². The van der Waals surface area contributed by atoms with Crippen molar-refractivity contribution >= 4 is 38.2 Å². The molecule has 0 saturated carbocycles. The van der Waals surface area contributed by atoms with Crippen molar-refractivity contribution in [2.45, 2.75) is 18.2 Å². The van der Waals surface area contributed by atoms with Gasteiger partial charge in [-0.05, 0) is 30.5 Å². The molecule has 0 heterocycles. The molecular weight excluding hydrogens is 292 g/mol. The largest absolute Gasteiger partial charge is 0.326 e. The van der Waals surface area contributed by atoms with E-state index in [0.717, 1.165) is 0 Å². The predicted molar refractivity (Wildman–Crippen MR) is 79.2 cm³/mol. The average Bonchev–Trinajstić information content (AvgIpc) is 2.35. The molecule has 0 bridgehead atoms. The second-order valence-corrected chi connectivity index (χ2v) is 6.19. The van der Waals surface area contributed by atoms with Crippen molar-refractivity contribution in [3.8, 4) is 0 Å². The topological polar surface area (TPSA) is 106 Å². The molecule has 0 aromatic heterocycles. The van der Waals surface area contributed by atoms with Crippen molar-refractivity contribution < 1.29 is 18.0 Å². The lowest BCUT2D eigenvalue weighted by Crippen LogP contribution is -2.15. The molecule has 6 nitrogen and oxygen atoms in total. The smallest absolute Gasteiger partial charge is 0.238 e. The third kappa shape index (κ3) is 3.65. The molecule has 0 atom stereocenters. The number of hydrogen-bond acceptors (Lipinski definition) is 4. The lowest BCUT2D eigenvalue weighted by Gasteiger charge is -2.08. The van der Waals surface area contributed by atoms with E-state index in [9.17, 15) is 18.0 Å². The van der Waals surface area contributed by atoms with Gasteiger partial charge in [-0.3, -0.25) is 9.59 Å². The Morgan fingerprint density at radius 3 is 2.52 bits per heavy atom. The van der Waals surface area contributed by atoms with Gasteiger partial charge in [-0.25, -0.2) is 13.6 Å². The van der Waals surface area contributed by atoms with E-state index >= 15 is 0 Å². The average molecular weight is 306 g/mol. The van der Waals surface area contributed by atoms with Crippen molar-refractivity contribution in [3.63, 3.8) is 0 Å². The van der Waals surface area contributed by atoms with Gasteiger partial charge in [0.15, 0.2) is 0 Å². The van der Waals surface area contributed by atoms with E-state index in [0.29, 0.717) is 16.5 Å². The molecule has 1 amide bonds. The zero-order chi connectivity index (χ0) is 15.6. The summed E-state index contributed by atoms with van der Waals surface area (Å²) in [5.74, 6) is -0.701. The maximum absolute atomic E-state index is 11.6. The molecule has 0 radical (unpaired) electrons. The van der Waals surface area contributed by atoms with Crippen molar-refractivity contribution in [3.05, 3.63) is 36.4 Å². The zero-order valence-electron chi connectivity index (χ0n) is 11.3. The number of benzene rings is 2. The second-order valence-electron chi connectivity index (χ2n) is 4.66. The van der Waals surface area contributed by atoms with Crippen molar-refractivity contribution in [1.82, 2.24) is 0 Å². The van der Waals surface area contributed by atoms with Crippen LogP contribution in [-0.4, -0.2) is 20.1 Å². The van der Waals surface area contributed by atoms with Gasteiger partial charge in [0.25, 0.3) is 0 Å². The van der Waals surface area contributed by atoms with Crippen LogP contribution in [0.4, 0.5) is 5.69 Å². The van der Waals surface area contributed by atoms with Crippen LogP contribution in [0.25, 0.3) is 10.8 Å². The van der Waals surface area contributed by atoms with Crippen LogP contribution in [0, 0.1) is 0 Å². The van der Waals surface area contributed by atoms with Crippen molar-refractivity contribution in [2.24, 2.45) is 5.14 Å². The lowest BCUT2D eigenvalue weighted by atomic mass is 10.1. The number of anilines is 1. The van der Waals surface area contributed by atoms with Gasteiger partial charge in [0.2, 0.25) is 15.9 Å². The number of primary sulfonamides is 1.